The first kappa shape index (κ1) is 13.5. The summed E-state index contributed by atoms with van der Waals surface area (Å²) in [7, 11) is 0. The molecule has 19 heavy (non-hydrogen) atoms. The number of carboxylic acid groups (broad SMARTS) is 1. The molecule has 0 spiro atoms. The van der Waals surface area contributed by atoms with Crippen molar-refractivity contribution in [2.24, 2.45) is 0 Å². The molecule has 2 aromatic rings. The van der Waals surface area contributed by atoms with Crippen molar-refractivity contribution in [3.05, 3.63) is 52.0 Å². The van der Waals surface area contributed by atoms with Crippen LogP contribution in [0.4, 0.5) is 4.39 Å². The van der Waals surface area contributed by atoms with Crippen LogP contribution in [0, 0.1) is 5.82 Å². The Balaban J connectivity index is 2.17. The Morgan fingerprint density at radius 2 is 2.21 bits per heavy atom. The van der Waals surface area contributed by atoms with Gasteiger partial charge in [-0.25, -0.2) is 4.39 Å². The molecule has 0 fully saturated rings. The van der Waals surface area contributed by atoms with E-state index in [-0.39, 0.29) is 11.3 Å². The van der Waals surface area contributed by atoms with E-state index in [1.54, 1.807) is 0 Å². The molecule has 0 aliphatic rings. The van der Waals surface area contributed by atoms with Crippen LogP contribution in [0.25, 0.3) is 0 Å². The molecule has 0 radical (unpaired) electrons. The SMILES string of the molecule is O=C(O)C(NCc1cccs1)c1cc(O)cc(F)c1. The van der Waals surface area contributed by atoms with Gasteiger partial charge in [0.1, 0.15) is 17.6 Å². The number of halogens is 1. The Hall–Kier alpha value is -1.92. The van der Waals surface area contributed by atoms with Gasteiger partial charge in [0, 0.05) is 17.5 Å². The van der Waals surface area contributed by atoms with Crippen molar-refractivity contribution >= 4 is 17.3 Å². The molecule has 0 bridgehead atoms. The summed E-state index contributed by atoms with van der Waals surface area (Å²) in [5, 5.41) is 23.2. The van der Waals surface area contributed by atoms with Crippen molar-refractivity contribution in [2.75, 3.05) is 0 Å². The zero-order valence-electron chi connectivity index (χ0n) is 9.84. The number of benzene rings is 1. The van der Waals surface area contributed by atoms with Crippen molar-refractivity contribution in [1.29, 1.82) is 0 Å². The quantitative estimate of drug-likeness (QED) is 0.787. The number of thiophene rings is 1. The lowest BCUT2D eigenvalue weighted by Gasteiger charge is -2.14. The maximum absolute atomic E-state index is 13.2. The Kier molecular flexibility index (Phi) is 4.13. The van der Waals surface area contributed by atoms with E-state index in [4.69, 9.17) is 0 Å². The lowest BCUT2D eigenvalue weighted by molar-refractivity contribution is -0.139. The van der Waals surface area contributed by atoms with Gasteiger partial charge in [-0.1, -0.05) is 6.07 Å². The number of hydrogen-bond donors (Lipinski definition) is 3. The topological polar surface area (TPSA) is 69.6 Å². The van der Waals surface area contributed by atoms with Crippen LogP contribution in [-0.4, -0.2) is 16.2 Å². The normalized spacial score (nSPS) is 12.3. The van der Waals surface area contributed by atoms with E-state index < -0.39 is 17.8 Å². The van der Waals surface area contributed by atoms with Crippen molar-refractivity contribution in [3.63, 3.8) is 0 Å². The molecule has 100 valence electrons. The van der Waals surface area contributed by atoms with Gasteiger partial charge in [0.25, 0.3) is 0 Å². The first-order chi connectivity index (χ1) is 9.06. The van der Waals surface area contributed by atoms with Crippen LogP contribution < -0.4 is 5.32 Å². The maximum Gasteiger partial charge on any atom is 0.325 e. The summed E-state index contributed by atoms with van der Waals surface area (Å²) in [6.07, 6.45) is 0. The van der Waals surface area contributed by atoms with Gasteiger partial charge in [0.05, 0.1) is 0 Å². The van der Waals surface area contributed by atoms with E-state index in [9.17, 15) is 19.4 Å². The van der Waals surface area contributed by atoms with Gasteiger partial charge in [-0.15, -0.1) is 11.3 Å². The predicted molar refractivity (Wildman–Crippen MR) is 69.6 cm³/mol. The third kappa shape index (κ3) is 3.52. The third-order valence-electron chi connectivity index (χ3n) is 2.55. The average molecular weight is 281 g/mol. The predicted octanol–water partition coefficient (Wildman–Crippen LogP) is 2.51. The Bertz CT molecular complexity index is 551. The molecule has 0 saturated heterocycles. The van der Waals surface area contributed by atoms with Crippen LogP contribution in [0.5, 0.6) is 5.75 Å². The number of phenols is 1. The summed E-state index contributed by atoms with van der Waals surface area (Å²) in [6, 6.07) is 5.94. The van der Waals surface area contributed by atoms with E-state index in [1.807, 2.05) is 17.5 Å². The molecule has 1 atom stereocenters. The highest BCUT2D eigenvalue weighted by molar-refractivity contribution is 7.09. The molecule has 0 aliphatic heterocycles. The second-order valence-electron chi connectivity index (χ2n) is 3.97. The van der Waals surface area contributed by atoms with Crippen LogP contribution in [0.15, 0.2) is 35.7 Å². The summed E-state index contributed by atoms with van der Waals surface area (Å²) < 4.78 is 13.2. The molecular weight excluding hydrogens is 269 g/mol. The van der Waals surface area contributed by atoms with E-state index >= 15 is 0 Å². The minimum Gasteiger partial charge on any atom is -0.508 e. The highest BCUT2D eigenvalue weighted by Gasteiger charge is 2.20. The van der Waals surface area contributed by atoms with Crippen LogP contribution >= 0.6 is 11.3 Å². The molecule has 1 unspecified atom stereocenters. The number of carbonyl (C=O) groups is 1. The van der Waals surface area contributed by atoms with Gasteiger partial charge in [-0.3, -0.25) is 10.1 Å². The van der Waals surface area contributed by atoms with E-state index in [1.165, 1.54) is 17.4 Å². The van der Waals surface area contributed by atoms with Gasteiger partial charge in [0.15, 0.2) is 0 Å². The summed E-state index contributed by atoms with van der Waals surface area (Å²) in [4.78, 5) is 12.2. The zero-order chi connectivity index (χ0) is 13.8. The number of hydrogen-bond acceptors (Lipinski definition) is 4. The molecule has 1 aromatic carbocycles. The molecule has 1 aromatic heterocycles. The molecule has 4 nitrogen and oxygen atoms in total. The smallest absolute Gasteiger partial charge is 0.325 e. The molecule has 0 aliphatic carbocycles. The average Bonchev–Trinajstić information content (AvgIpc) is 2.80. The molecule has 2 rings (SSSR count). The minimum absolute atomic E-state index is 0.182. The summed E-state index contributed by atoms with van der Waals surface area (Å²) in [5.74, 6) is -2.08. The van der Waals surface area contributed by atoms with Crippen molar-refractivity contribution in [2.45, 2.75) is 12.6 Å². The zero-order valence-corrected chi connectivity index (χ0v) is 10.7. The van der Waals surface area contributed by atoms with Gasteiger partial charge in [-0.2, -0.15) is 0 Å². The van der Waals surface area contributed by atoms with Crippen molar-refractivity contribution in [1.82, 2.24) is 5.32 Å². The van der Waals surface area contributed by atoms with E-state index in [2.05, 4.69) is 5.32 Å². The van der Waals surface area contributed by atoms with Gasteiger partial charge < -0.3 is 10.2 Å². The van der Waals surface area contributed by atoms with E-state index in [0.29, 0.717) is 6.54 Å². The highest BCUT2D eigenvalue weighted by Crippen LogP contribution is 2.21. The lowest BCUT2D eigenvalue weighted by atomic mass is 10.1. The maximum atomic E-state index is 13.2. The highest BCUT2D eigenvalue weighted by atomic mass is 32.1. The van der Waals surface area contributed by atoms with Gasteiger partial charge in [0.2, 0.25) is 0 Å². The number of rotatable bonds is 5. The molecule has 3 N–H and O–H groups in total. The first-order valence-corrected chi connectivity index (χ1v) is 6.42. The fourth-order valence-corrected chi connectivity index (χ4v) is 2.38. The van der Waals surface area contributed by atoms with E-state index in [0.717, 1.165) is 17.0 Å². The lowest BCUT2D eigenvalue weighted by Crippen LogP contribution is -2.27. The fraction of sp³-hybridized carbons (Fsp3) is 0.154. The van der Waals surface area contributed by atoms with Crippen molar-refractivity contribution < 1.29 is 19.4 Å². The fourth-order valence-electron chi connectivity index (χ4n) is 1.73. The Morgan fingerprint density at radius 3 is 2.79 bits per heavy atom. The number of nitrogens with one attached hydrogen (secondary N) is 1. The number of aliphatic carboxylic acids is 1. The first-order valence-electron chi connectivity index (χ1n) is 5.54. The molecule has 0 saturated carbocycles. The van der Waals surface area contributed by atoms with Crippen molar-refractivity contribution in [3.8, 4) is 5.75 Å². The summed E-state index contributed by atoms with van der Waals surface area (Å²) in [6.45, 7) is 0.367. The minimum atomic E-state index is -1.12. The molecule has 0 amide bonds. The third-order valence-corrected chi connectivity index (χ3v) is 3.42. The summed E-state index contributed by atoms with van der Waals surface area (Å²) >= 11 is 1.50. The van der Waals surface area contributed by atoms with Crippen LogP contribution in [0.1, 0.15) is 16.5 Å². The van der Waals surface area contributed by atoms with Crippen LogP contribution in [0.2, 0.25) is 0 Å². The largest absolute Gasteiger partial charge is 0.508 e. The van der Waals surface area contributed by atoms with Crippen LogP contribution in [-0.2, 0) is 11.3 Å². The number of carboxylic acids is 1. The molecule has 1 heterocycles. The number of phenolic OH excluding ortho intramolecular Hbond substituents is 1. The second kappa shape index (κ2) is 5.81. The Morgan fingerprint density at radius 1 is 1.42 bits per heavy atom. The Labute approximate surface area is 113 Å². The number of aromatic hydroxyl groups is 1. The molecule has 6 heteroatoms. The van der Waals surface area contributed by atoms with Gasteiger partial charge >= 0.3 is 5.97 Å². The van der Waals surface area contributed by atoms with Gasteiger partial charge in [-0.05, 0) is 29.1 Å². The second-order valence-corrected chi connectivity index (χ2v) is 5.01. The molecular formula is C13H12FNO3S. The van der Waals surface area contributed by atoms with Crippen LogP contribution in [0.3, 0.4) is 0 Å². The standard InChI is InChI=1S/C13H12FNO3S/c14-9-4-8(5-10(16)6-9)12(13(17)18)15-7-11-2-1-3-19-11/h1-6,12,15-16H,7H2,(H,17,18). The monoisotopic (exact) mass is 281 g/mol. The summed E-state index contributed by atoms with van der Waals surface area (Å²) in [5.41, 5.74) is 0.182.